The molecule has 92 valence electrons. The molecule has 0 aliphatic heterocycles. The Balaban J connectivity index is 1.60. The van der Waals surface area contributed by atoms with Crippen LogP contribution < -0.4 is 5.32 Å². The topological polar surface area (TPSA) is 12.0 Å². The monoisotopic (exact) mass is 293 g/mol. The molecule has 0 aromatic heterocycles. The number of rotatable bonds is 5. The Morgan fingerprint density at radius 3 is 2.41 bits per heavy atom. The van der Waals surface area contributed by atoms with E-state index in [4.69, 9.17) is 0 Å². The molecule has 1 N–H and O–H groups in total. The van der Waals surface area contributed by atoms with E-state index in [2.05, 4.69) is 46.4 Å². The summed E-state index contributed by atoms with van der Waals surface area (Å²) in [4.78, 5) is 0. The van der Waals surface area contributed by atoms with E-state index in [1.165, 1.54) is 41.3 Å². The summed E-state index contributed by atoms with van der Waals surface area (Å²) < 4.78 is 1.21. The first-order chi connectivity index (χ1) is 8.24. The van der Waals surface area contributed by atoms with Gasteiger partial charge in [0.2, 0.25) is 0 Å². The SMILES string of the molecule is Cc1cc(CNC(C2CC2)C2CC2)ccc1Br. The lowest BCUT2D eigenvalue weighted by molar-refractivity contribution is 0.416. The number of hydrogen-bond acceptors (Lipinski definition) is 1. The van der Waals surface area contributed by atoms with Gasteiger partial charge in [-0.25, -0.2) is 0 Å². The minimum Gasteiger partial charge on any atom is -0.309 e. The average Bonchev–Trinajstić information content (AvgIpc) is 3.14. The second kappa shape index (κ2) is 4.74. The van der Waals surface area contributed by atoms with E-state index in [9.17, 15) is 0 Å². The molecule has 0 radical (unpaired) electrons. The molecular weight excluding hydrogens is 274 g/mol. The highest BCUT2D eigenvalue weighted by atomic mass is 79.9. The van der Waals surface area contributed by atoms with Crippen molar-refractivity contribution in [3.05, 3.63) is 33.8 Å². The van der Waals surface area contributed by atoms with Crippen molar-refractivity contribution in [2.75, 3.05) is 0 Å². The molecule has 0 atom stereocenters. The molecule has 0 saturated heterocycles. The average molecular weight is 294 g/mol. The maximum absolute atomic E-state index is 3.79. The Bertz CT molecular complexity index is 395. The van der Waals surface area contributed by atoms with Crippen molar-refractivity contribution in [2.24, 2.45) is 11.8 Å². The highest BCUT2D eigenvalue weighted by molar-refractivity contribution is 9.10. The lowest BCUT2D eigenvalue weighted by atomic mass is 10.1. The number of halogens is 1. The summed E-state index contributed by atoms with van der Waals surface area (Å²) in [7, 11) is 0. The second-order valence-corrected chi connectivity index (χ2v) is 6.52. The van der Waals surface area contributed by atoms with E-state index in [1.807, 2.05) is 0 Å². The van der Waals surface area contributed by atoms with Crippen LogP contribution in [0, 0.1) is 18.8 Å². The van der Waals surface area contributed by atoms with Gasteiger partial charge in [0.1, 0.15) is 0 Å². The highest BCUT2D eigenvalue weighted by Gasteiger charge is 2.40. The fourth-order valence-corrected chi connectivity index (χ4v) is 2.93. The van der Waals surface area contributed by atoms with Gasteiger partial charge in [-0.05, 0) is 61.6 Å². The first-order valence-electron chi connectivity index (χ1n) is 6.72. The van der Waals surface area contributed by atoms with E-state index in [-0.39, 0.29) is 0 Å². The number of nitrogens with one attached hydrogen (secondary N) is 1. The van der Waals surface area contributed by atoms with Crippen LogP contribution in [-0.2, 0) is 6.54 Å². The van der Waals surface area contributed by atoms with Gasteiger partial charge in [0, 0.05) is 17.1 Å². The minimum absolute atomic E-state index is 0.805. The molecule has 0 unspecified atom stereocenters. The van der Waals surface area contributed by atoms with Crippen LogP contribution in [0.5, 0.6) is 0 Å². The van der Waals surface area contributed by atoms with Gasteiger partial charge < -0.3 is 5.32 Å². The van der Waals surface area contributed by atoms with Gasteiger partial charge >= 0.3 is 0 Å². The van der Waals surface area contributed by atoms with Crippen molar-refractivity contribution in [1.29, 1.82) is 0 Å². The number of aryl methyl sites for hydroxylation is 1. The van der Waals surface area contributed by atoms with Crippen molar-refractivity contribution < 1.29 is 0 Å². The van der Waals surface area contributed by atoms with Crippen LogP contribution in [0.4, 0.5) is 0 Å². The van der Waals surface area contributed by atoms with Gasteiger partial charge in [0.25, 0.3) is 0 Å². The fourth-order valence-electron chi connectivity index (χ4n) is 2.68. The quantitative estimate of drug-likeness (QED) is 0.864. The molecule has 2 fully saturated rings. The third-order valence-corrected chi connectivity index (χ3v) is 4.91. The van der Waals surface area contributed by atoms with Crippen molar-refractivity contribution in [3.63, 3.8) is 0 Å². The van der Waals surface area contributed by atoms with Crippen LogP contribution >= 0.6 is 15.9 Å². The van der Waals surface area contributed by atoms with Crippen LogP contribution in [-0.4, -0.2) is 6.04 Å². The van der Waals surface area contributed by atoms with Crippen LogP contribution in [0.1, 0.15) is 36.8 Å². The van der Waals surface area contributed by atoms with E-state index in [1.54, 1.807) is 0 Å². The van der Waals surface area contributed by atoms with Crippen molar-refractivity contribution >= 4 is 15.9 Å². The van der Waals surface area contributed by atoms with Crippen LogP contribution in [0.2, 0.25) is 0 Å². The van der Waals surface area contributed by atoms with Gasteiger partial charge in [-0.1, -0.05) is 28.1 Å². The third-order valence-electron chi connectivity index (χ3n) is 4.02. The molecular formula is C15H20BrN. The first kappa shape index (κ1) is 11.7. The van der Waals surface area contributed by atoms with Crippen LogP contribution in [0.3, 0.4) is 0 Å². The summed E-state index contributed by atoms with van der Waals surface area (Å²) in [5.74, 6) is 1.97. The zero-order valence-electron chi connectivity index (χ0n) is 10.4. The molecule has 0 heterocycles. The zero-order chi connectivity index (χ0) is 11.8. The molecule has 2 heteroatoms. The van der Waals surface area contributed by atoms with Gasteiger partial charge in [-0.2, -0.15) is 0 Å². The smallest absolute Gasteiger partial charge is 0.0208 e. The Morgan fingerprint density at radius 2 is 1.88 bits per heavy atom. The number of benzene rings is 1. The van der Waals surface area contributed by atoms with E-state index < -0.39 is 0 Å². The normalized spacial score (nSPS) is 19.9. The molecule has 0 amide bonds. The Kier molecular flexibility index (Phi) is 3.27. The van der Waals surface area contributed by atoms with Crippen LogP contribution in [0.15, 0.2) is 22.7 Å². The molecule has 3 rings (SSSR count). The molecule has 2 saturated carbocycles. The van der Waals surface area contributed by atoms with Crippen LogP contribution in [0.25, 0.3) is 0 Å². The molecule has 1 aromatic carbocycles. The van der Waals surface area contributed by atoms with E-state index in [0.29, 0.717) is 0 Å². The molecule has 0 bridgehead atoms. The molecule has 1 aromatic rings. The van der Waals surface area contributed by atoms with Gasteiger partial charge in [-0.3, -0.25) is 0 Å². The Labute approximate surface area is 112 Å². The Hall–Kier alpha value is -0.340. The largest absolute Gasteiger partial charge is 0.309 e. The molecule has 1 nitrogen and oxygen atoms in total. The lowest BCUT2D eigenvalue weighted by Crippen LogP contribution is -2.32. The maximum atomic E-state index is 3.79. The summed E-state index contributed by atoms with van der Waals surface area (Å²) in [6.07, 6.45) is 5.81. The summed E-state index contributed by atoms with van der Waals surface area (Å²) in [5, 5.41) is 3.79. The van der Waals surface area contributed by atoms with E-state index in [0.717, 1.165) is 24.4 Å². The molecule has 0 spiro atoms. The predicted molar refractivity (Wildman–Crippen MR) is 75.0 cm³/mol. The summed E-state index contributed by atoms with van der Waals surface area (Å²) in [5.41, 5.74) is 2.75. The second-order valence-electron chi connectivity index (χ2n) is 5.67. The summed E-state index contributed by atoms with van der Waals surface area (Å²) in [6.45, 7) is 3.19. The van der Waals surface area contributed by atoms with Gasteiger partial charge in [-0.15, -0.1) is 0 Å². The van der Waals surface area contributed by atoms with Crippen molar-refractivity contribution in [1.82, 2.24) is 5.32 Å². The van der Waals surface area contributed by atoms with Gasteiger partial charge in [0.05, 0.1) is 0 Å². The zero-order valence-corrected chi connectivity index (χ0v) is 12.0. The van der Waals surface area contributed by atoms with Crippen molar-refractivity contribution in [2.45, 2.75) is 45.2 Å². The molecule has 17 heavy (non-hydrogen) atoms. The standard InChI is InChI=1S/C15H20BrN/c1-10-8-11(2-7-14(10)16)9-17-15(12-3-4-12)13-5-6-13/h2,7-8,12-13,15,17H,3-6,9H2,1H3. The first-order valence-corrected chi connectivity index (χ1v) is 7.52. The lowest BCUT2D eigenvalue weighted by Gasteiger charge is -2.18. The number of hydrogen-bond donors (Lipinski definition) is 1. The maximum Gasteiger partial charge on any atom is 0.0208 e. The molecule has 2 aliphatic rings. The van der Waals surface area contributed by atoms with E-state index >= 15 is 0 Å². The predicted octanol–water partition coefficient (Wildman–Crippen LogP) is 4.04. The summed E-state index contributed by atoms with van der Waals surface area (Å²) in [6, 6.07) is 7.48. The van der Waals surface area contributed by atoms with Crippen molar-refractivity contribution in [3.8, 4) is 0 Å². The Morgan fingerprint density at radius 1 is 1.24 bits per heavy atom. The fraction of sp³-hybridized carbons (Fsp3) is 0.600. The third kappa shape index (κ3) is 2.92. The highest BCUT2D eigenvalue weighted by Crippen LogP contribution is 2.44. The minimum atomic E-state index is 0.805. The molecule has 2 aliphatic carbocycles. The van der Waals surface area contributed by atoms with Gasteiger partial charge in [0.15, 0.2) is 0 Å². The summed E-state index contributed by atoms with van der Waals surface area (Å²) >= 11 is 3.56.